The number of benzene rings is 1. The molecule has 0 atom stereocenters. The van der Waals surface area contributed by atoms with E-state index in [1.807, 2.05) is 30.3 Å². The van der Waals surface area contributed by atoms with Crippen molar-refractivity contribution in [1.82, 2.24) is 15.2 Å². The number of rotatable bonds is 3. The van der Waals surface area contributed by atoms with Crippen LogP contribution in [0.15, 0.2) is 48.8 Å². The Hall–Kier alpha value is -3.02. The largest absolute Gasteiger partial charge is 0.436 e. The van der Waals surface area contributed by atoms with Crippen molar-refractivity contribution in [3.05, 3.63) is 54.4 Å². The van der Waals surface area contributed by atoms with E-state index in [0.717, 1.165) is 10.9 Å². The lowest BCUT2D eigenvalue weighted by molar-refractivity contribution is 0.459. The number of amidine groups is 1. The van der Waals surface area contributed by atoms with Crippen molar-refractivity contribution < 1.29 is 4.74 Å². The molecule has 3 N–H and O–H groups in total. The summed E-state index contributed by atoms with van der Waals surface area (Å²) < 4.78 is 5.75. The third kappa shape index (κ3) is 2.14. The van der Waals surface area contributed by atoms with Crippen molar-refractivity contribution in [3.8, 4) is 11.6 Å². The highest BCUT2D eigenvalue weighted by Gasteiger charge is 2.11. The molecule has 0 saturated carbocycles. The SMILES string of the molecule is N=C(N)c1ccnnc1Oc1cccc2ncccc12. The van der Waals surface area contributed by atoms with Gasteiger partial charge in [0.05, 0.1) is 17.3 Å². The van der Waals surface area contributed by atoms with Gasteiger partial charge in [-0.3, -0.25) is 10.4 Å². The highest BCUT2D eigenvalue weighted by Crippen LogP contribution is 2.28. The molecule has 2 heterocycles. The van der Waals surface area contributed by atoms with Crippen molar-refractivity contribution in [1.29, 1.82) is 5.41 Å². The van der Waals surface area contributed by atoms with Crippen molar-refractivity contribution in [2.24, 2.45) is 5.73 Å². The summed E-state index contributed by atoms with van der Waals surface area (Å²) in [6, 6.07) is 10.9. The topological polar surface area (TPSA) is 97.8 Å². The lowest BCUT2D eigenvalue weighted by Crippen LogP contribution is -2.13. The molecule has 0 saturated heterocycles. The summed E-state index contributed by atoms with van der Waals surface area (Å²) in [5.41, 5.74) is 6.73. The van der Waals surface area contributed by atoms with E-state index in [2.05, 4.69) is 15.2 Å². The fourth-order valence-electron chi connectivity index (χ4n) is 1.87. The molecule has 6 nitrogen and oxygen atoms in total. The van der Waals surface area contributed by atoms with Crippen LogP contribution in [0.5, 0.6) is 11.6 Å². The highest BCUT2D eigenvalue weighted by molar-refractivity contribution is 5.97. The van der Waals surface area contributed by atoms with E-state index in [1.165, 1.54) is 6.20 Å². The number of ether oxygens (including phenoxy) is 1. The van der Waals surface area contributed by atoms with Gasteiger partial charge in [0.2, 0.25) is 5.88 Å². The summed E-state index contributed by atoms with van der Waals surface area (Å²) >= 11 is 0. The molecule has 3 aromatic rings. The first-order valence-electron chi connectivity index (χ1n) is 5.93. The minimum atomic E-state index is -0.117. The lowest BCUT2D eigenvalue weighted by Gasteiger charge is -2.09. The van der Waals surface area contributed by atoms with Crippen LogP contribution < -0.4 is 10.5 Å². The monoisotopic (exact) mass is 265 g/mol. The quantitative estimate of drug-likeness (QED) is 0.558. The third-order valence-electron chi connectivity index (χ3n) is 2.79. The van der Waals surface area contributed by atoms with Crippen LogP contribution in [-0.4, -0.2) is 21.0 Å². The Morgan fingerprint density at radius 3 is 2.85 bits per heavy atom. The number of hydrogen-bond acceptors (Lipinski definition) is 5. The maximum Gasteiger partial charge on any atom is 0.249 e. The minimum Gasteiger partial charge on any atom is -0.436 e. The summed E-state index contributed by atoms with van der Waals surface area (Å²) in [6.45, 7) is 0. The summed E-state index contributed by atoms with van der Waals surface area (Å²) in [4.78, 5) is 4.26. The molecule has 2 aromatic heterocycles. The number of nitrogens with zero attached hydrogens (tertiary/aromatic N) is 3. The Morgan fingerprint density at radius 2 is 2.00 bits per heavy atom. The molecule has 0 aliphatic carbocycles. The summed E-state index contributed by atoms with van der Waals surface area (Å²) in [5.74, 6) is 0.684. The number of aromatic nitrogens is 3. The second kappa shape index (κ2) is 4.93. The van der Waals surface area contributed by atoms with Crippen LogP contribution in [0.1, 0.15) is 5.56 Å². The smallest absolute Gasteiger partial charge is 0.249 e. The van der Waals surface area contributed by atoms with E-state index in [1.54, 1.807) is 12.3 Å². The number of hydrogen-bond donors (Lipinski definition) is 2. The number of nitrogens with one attached hydrogen (secondary N) is 1. The zero-order valence-electron chi connectivity index (χ0n) is 10.4. The highest BCUT2D eigenvalue weighted by atomic mass is 16.5. The van der Waals surface area contributed by atoms with Gasteiger partial charge in [0, 0.05) is 11.6 Å². The first-order valence-corrected chi connectivity index (χ1v) is 5.93. The molecule has 0 aliphatic rings. The van der Waals surface area contributed by atoms with Crippen molar-refractivity contribution in [3.63, 3.8) is 0 Å². The standard InChI is InChI=1S/C14H11N5O/c15-13(16)10-6-8-18-19-14(10)20-12-5-1-4-11-9(12)3-2-7-17-11/h1-8H,(H3,15,16). The van der Waals surface area contributed by atoms with E-state index in [-0.39, 0.29) is 11.7 Å². The molecule has 20 heavy (non-hydrogen) atoms. The van der Waals surface area contributed by atoms with Gasteiger partial charge in [-0.2, -0.15) is 5.10 Å². The lowest BCUT2D eigenvalue weighted by atomic mass is 10.2. The van der Waals surface area contributed by atoms with Gasteiger partial charge in [0.25, 0.3) is 0 Å². The molecule has 0 aliphatic heterocycles. The van der Waals surface area contributed by atoms with E-state index in [9.17, 15) is 0 Å². The molecule has 0 amide bonds. The van der Waals surface area contributed by atoms with Gasteiger partial charge < -0.3 is 10.5 Å². The Kier molecular flexibility index (Phi) is 2.96. The second-order valence-electron chi connectivity index (χ2n) is 4.09. The molecule has 0 unspecified atom stereocenters. The molecular formula is C14H11N5O. The predicted molar refractivity (Wildman–Crippen MR) is 74.9 cm³/mol. The summed E-state index contributed by atoms with van der Waals surface area (Å²) in [5, 5.41) is 16.0. The summed E-state index contributed by atoms with van der Waals surface area (Å²) in [7, 11) is 0. The van der Waals surface area contributed by atoms with Gasteiger partial charge in [-0.1, -0.05) is 6.07 Å². The molecule has 6 heteroatoms. The molecule has 0 bridgehead atoms. The molecule has 0 radical (unpaired) electrons. The molecule has 1 aromatic carbocycles. The van der Waals surface area contributed by atoms with Gasteiger partial charge in [-0.05, 0) is 30.3 Å². The van der Waals surface area contributed by atoms with Crippen LogP contribution in [-0.2, 0) is 0 Å². The Bertz CT molecular complexity index is 782. The zero-order chi connectivity index (χ0) is 13.9. The number of nitrogen functional groups attached to an aromatic ring is 1. The molecule has 3 rings (SSSR count). The zero-order valence-corrected chi connectivity index (χ0v) is 10.4. The predicted octanol–water partition coefficient (Wildman–Crippen LogP) is 2.10. The maximum absolute atomic E-state index is 7.52. The van der Waals surface area contributed by atoms with Crippen LogP contribution in [0.4, 0.5) is 0 Å². The Labute approximate surface area is 114 Å². The maximum atomic E-state index is 7.52. The van der Waals surface area contributed by atoms with E-state index >= 15 is 0 Å². The van der Waals surface area contributed by atoms with Gasteiger partial charge in [-0.15, -0.1) is 5.10 Å². The normalized spacial score (nSPS) is 10.4. The van der Waals surface area contributed by atoms with Gasteiger partial charge >= 0.3 is 0 Å². The average molecular weight is 265 g/mol. The van der Waals surface area contributed by atoms with Crippen molar-refractivity contribution >= 4 is 16.7 Å². The second-order valence-corrected chi connectivity index (χ2v) is 4.09. The van der Waals surface area contributed by atoms with Crippen molar-refractivity contribution in [2.75, 3.05) is 0 Å². The van der Waals surface area contributed by atoms with E-state index in [0.29, 0.717) is 11.3 Å². The van der Waals surface area contributed by atoms with Crippen LogP contribution in [0, 0.1) is 5.41 Å². The Morgan fingerprint density at radius 1 is 1.10 bits per heavy atom. The van der Waals surface area contributed by atoms with E-state index < -0.39 is 0 Å². The number of fused-ring (bicyclic) bond motifs is 1. The molecule has 0 fully saturated rings. The number of nitrogens with two attached hydrogens (primary N) is 1. The van der Waals surface area contributed by atoms with Gasteiger partial charge in [0.15, 0.2) is 0 Å². The Balaban J connectivity index is 2.08. The van der Waals surface area contributed by atoms with Gasteiger partial charge in [-0.25, -0.2) is 0 Å². The van der Waals surface area contributed by atoms with Crippen LogP contribution in [0.3, 0.4) is 0 Å². The first kappa shape index (κ1) is 12.0. The number of pyridine rings is 1. The van der Waals surface area contributed by atoms with Crippen LogP contribution in [0.25, 0.3) is 10.9 Å². The summed E-state index contributed by atoms with van der Waals surface area (Å²) in [6.07, 6.45) is 3.18. The average Bonchev–Trinajstić information content (AvgIpc) is 2.48. The third-order valence-corrected chi connectivity index (χ3v) is 2.79. The van der Waals surface area contributed by atoms with E-state index in [4.69, 9.17) is 15.9 Å². The fraction of sp³-hybridized carbons (Fsp3) is 0. The van der Waals surface area contributed by atoms with Gasteiger partial charge in [0.1, 0.15) is 11.6 Å². The first-order chi connectivity index (χ1) is 9.75. The fourth-order valence-corrected chi connectivity index (χ4v) is 1.87. The molecule has 0 spiro atoms. The minimum absolute atomic E-state index is 0.117. The van der Waals surface area contributed by atoms with Crippen LogP contribution >= 0.6 is 0 Å². The molecular weight excluding hydrogens is 254 g/mol. The molecule has 98 valence electrons. The van der Waals surface area contributed by atoms with Crippen molar-refractivity contribution in [2.45, 2.75) is 0 Å². The van der Waals surface area contributed by atoms with Crippen LogP contribution in [0.2, 0.25) is 0 Å².